The molecule has 158 valence electrons. The van der Waals surface area contributed by atoms with Gasteiger partial charge < -0.3 is 29.6 Å². The molecule has 0 bridgehead atoms. The minimum Gasteiger partial charge on any atom is -0.507 e. The smallest absolute Gasteiger partial charge is 0.204 e. The van der Waals surface area contributed by atoms with Gasteiger partial charge in [-0.3, -0.25) is 4.79 Å². The van der Waals surface area contributed by atoms with Crippen LogP contribution in [0.25, 0.3) is 21.9 Å². The molecule has 1 aromatic heterocycles. The molecule has 4 rings (SSSR count). The zero-order chi connectivity index (χ0) is 22.2. The molecule has 0 unspecified atom stereocenters. The normalized spacial score (nSPS) is 20.7. The van der Waals surface area contributed by atoms with Crippen molar-refractivity contribution in [1.29, 1.82) is 0 Å². The highest BCUT2D eigenvalue weighted by Gasteiger charge is 2.43. The molecule has 7 nitrogen and oxygen atoms in total. The zero-order valence-corrected chi connectivity index (χ0v) is 17.2. The van der Waals surface area contributed by atoms with Gasteiger partial charge >= 0.3 is 0 Å². The van der Waals surface area contributed by atoms with Crippen molar-refractivity contribution in [3.63, 3.8) is 0 Å². The minimum absolute atomic E-state index is 0.0226. The molecule has 1 aliphatic heterocycles. The van der Waals surface area contributed by atoms with Gasteiger partial charge in [-0.1, -0.05) is 26.0 Å². The summed E-state index contributed by atoms with van der Waals surface area (Å²) in [5.41, 5.74) is -1.96. The molecule has 30 heavy (non-hydrogen) atoms. The molecule has 0 spiro atoms. The second-order valence-corrected chi connectivity index (χ2v) is 8.81. The molecule has 0 aliphatic carbocycles. The topological polar surface area (TPSA) is 120 Å². The van der Waals surface area contributed by atoms with Gasteiger partial charge in [0.1, 0.15) is 28.9 Å². The number of aliphatic hydroxyl groups excluding tert-OH is 2. The summed E-state index contributed by atoms with van der Waals surface area (Å²) in [6, 6.07) is 4.27. The lowest BCUT2D eigenvalue weighted by Crippen LogP contribution is -2.48. The summed E-state index contributed by atoms with van der Waals surface area (Å²) < 4.78 is 11.7. The molecule has 2 aromatic carbocycles. The van der Waals surface area contributed by atoms with Gasteiger partial charge in [-0.25, -0.2) is 0 Å². The fourth-order valence-electron chi connectivity index (χ4n) is 3.86. The highest BCUT2D eigenvalue weighted by Crippen LogP contribution is 2.46. The van der Waals surface area contributed by atoms with Crippen LogP contribution in [0.15, 0.2) is 40.1 Å². The summed E-state index contributed by atoms with van der Waals surface area (Å²) in [6.45, 7) is 10.6. The van der Waals surface area contributed by atoms with E-state index in [1.54, 1.807) is 33.8 Å². The fourth-order valence-corrected chi connectivity index (χ4v) is 3.86. The number of ether oxygens (including phenoxy) is 1. The first-order chi connectivity index (χ1) is 13.9. The Kier molecular flexibility index (Phi) is 4.21. The van der Waals surface area contributed by atoms with E-state index in [2.05, 4.69) is 6.58 Å². The minimum atomic E-state index is -1.24. The Hall–Kier alpha value is -3.03. The van der Waals surface area contributed by atoms with E-state index >= 15 is 0 Å². The van der Waals surface area contributed by atoms with E-state index in [1.807, 2.05) is 0 Å². The molecule has 0 saturated carbocycles. The molecule has 2 atom stereocenters. The molecule has 7 heteroatoms. The van der Waals surface area contributed by atoms with Gasteiger partial charge in [-0.05, 0) is 26.0 Å². The van der Waals surface area contributed by atoms with Gasteiger partial charge in [0.05, 0.1) is 5.39 Å². The van der Waals surface area contributed by atoms with Crippen molar-refractivity contribution in [2.75, 3.05) is 0 Å². The van der Waals surface area contributed by atoms with Crippen molar-refractivity contribution in [2.24, 2.45) is 0 Å². The Morgan fingerprint density at radius 2 is 1.83 bits per heavy atom. The number of rotatable bonds is 2. The van der Waals surface area contributed by atoms with Crippen LogP contribution >= 0.6 is 0 Å². The number of aromatic hydroxyl groups is 2. The molecule has 0 radical (unpaired) electrons. The van der Waals surface area contributed by atoms with Crippen LogP contribution in [0.5, 0.6) is 17.2 Å². The van der Waals surface area contributed by atoms with E-state index in [0.717, 1.165) is 0 Å². The lowest BCUT2D eigenvalue weighted by molar-refractivity contribution is -0.111. The van der Waals surface area contributed by atoms with E-state index in [9.17, 15) is 25.2 Å². The van der Waals surface area contributed by atoms with E-state index in [4.69, 9.17) is 9.15 Å². The molecule has 4 N–H and O–H groups in total. The zero-order valence-electron chi connectivity index (χ0n) is 17.2. The largest absolute Gasteiger partial charge is 0.507 e. The molecular formula is C23H24O7. The van der Waals surface area contributed by atoms with Crippen molar-refractivity contribution in [2.45, 2.75) is 50.9 Å². The van der Waals surface area contributed by atoms with E-state index in [0.29, 0.717) is 5.56 Å². The summed E-state index contributed by atoms with van der Waals surface area (Å²) in [6.07, 6.45) is -0.822. The van der Waals surface area contributed by atoms with Crippen LogP contribution in [0.4, 0.5) is 0 Å². The summed E-state index contributed by atoms with van der Waals surface area (Å²) in [5, 5.41) is 42.3. The average molecular weight is 412 g/mol. The van der Waals surface area contributed by atoms with Gasteiger partial charge in [0.2, 0.25) is 5.43 Å². The van der Waals surface area contributed by atoms with Gasteiger partial charge in [0.15, 0.2) is 22.7 Å². The van der Waals surface area contributed by atoms with Gasteiger partial charge in [0, 0.05) is 16.5 Å². The number of phenolic OH excluding ortho intramolecular Hbond substituents is 2. The molecule has 0 saturated heterocycles. The highest BCUT2D eigenvalue weighted by atomic mass is 16.5. The first kappa shape index (κ1) is 20.3. The van der Waals surface area contributed by atoms with E-state index in [1.165, 1.54) is 18.2 Å². The Morgan fingerprint density at radius 3 is 2.47 bits per heavy atom. The first-order valence-corrected chi connectivity index (χ1v) is 9.58. The third-order valence-corrected chi connectivity index (χ3v) is 5.95. The van der Waals surface area contributed by atoms with E-state index < -0.39 is 28.7 Å². The number of hydrogen-bond acceptors (Lipinski definition) is 7. The van der Waals surface area contributed by atoms with Crippen molar-refractivity contribution >= 4 is 21.9 Å². The maximum absolute atomic E-state index is 13.3. The maximum Gasteiger partial charge on any atom is 0.204 e. The van der Waals surface area contributed by atoms with Crippen LogP contribution in [0, 0.1) is 0 Å². The molecule has 0 amide bonds. The SMILES string of the molecule is C=CC(C)(C)c1cc(O)c2oc3c4c(ccc3c(=O)c2c1O)[C@H](O)[C@@H](O)C(C)(C)O4. The molecular weight excluding hydrogens is 388 g/mol. The Labute approximate surface area is 172 Å². The van der Waals surface area contributed by atoms with Gasteiger partial charge in [-0.2, -0.15) is 0 Å². The lowest BCUT2D eigenvalue weighted by Gasteiger charge is -2.40. The molecule has 0 fully saturated rings. The molecule has 2 heterocycles. The highest BCUT2D eigenvalue weighted by molar-refractivity contribution is 5.99. The van der Waals surface area contributed by atoms with Gasteiger partial charge in [0.25, 0.3) is 0 Å². The predicted octanol–water partition coefficient (Wildman–Crippen LogP) is 3.39. The van der Waals surface area contributed by atoms with E-state index in [-0.39, 0.29) is 44.8 Å². The number of benzene rings is 2. The predicted molar refractivity (Wildman–Crippen MR) is 112 cm³/mol. The summed E-state index contributed by atoms with van der Waals surface area (Å²) in [5.74, 6) is -0.499. The monoisotopic (exact) mass is 412 g/mol. The maximum atomic E-state index is 13.3. The standard InChI is InChI=1S/C23H24O7/c1-6-22(2,3)12-9-13(24)20-14(17(12)27)15(25)10-7-8-11-16(26)21(28)23(4,5)30-19(11)18(10)29-20/h6-9,16,21,24,26-28H,1H2,2-5H3/t16-,21+/m0/s1. The third kappa shape index (κ3) is 2.62. The third-order valence-electron chi connectivity index (χ3n) is 5.95. The van der Waals surface area contributed by atoms with Crippen LogP contribution in [-0.2, 0) is 5.41 Å². The Bertz CT molecular complexity index is 1270. The first-order valence-electron chi connectivity index (χ1n) is 9.58. The van der Waals surface area contributed by atoms with Crippen molar-refractivity contribution in [3.8, 4) is 17.2 Å². The quantitative estimate of drug-likeness (QED) is 0.289. The van der Waals surface area contributed by atoms with Crippen LogP contribution in [-0.4, -0.2) is 32.1 Å². The van der Waals surface area contributed by atoms with Crippen LogP contribution in [0.3, 0.4) is 0 Å². The lowest BCUT2D eigenvalue weighted by atomic mass is 9.83. The fraction of sp³-hybridized carbons (Fsp3) is 0.348. The van der Waals surface area contributed by atoms with Crippen molar-refractivity contribution in [1.82, 2.24) is 0 Å². The number of allylic oxidation sites excluding steroid dienone is 1. The summed E-state index contributed by atoms with van der Waals surface area (Å²) in [4.78, 5) is 13.3. The summed E-state index contributed by atoms with van der Waals surface area (Å²) in [7, 11) is 0. The number of hydrogen-bond donors (Lipinski definition) is 4. The van der Waals surface area contributed by atoms with Crippen LogP contribution < -0.4 is 10.2 Å². The van der Waals surface area contributed by atoms with Crippen LogP contribution in [0.1, 0.15) is 44.9 Å². The summed E-state index contributed by atoms with van der Waals surface area (Å²) >= 11 is 0. The number of phenols is 2. The van der Waals surface area contributed by atoms with Gasteiger partial charge in [-0.15, -0.1) is 6.58 Å². The molecule has 1 aliphatic rings. The van der Waals surface area contributed by atoms with Crippen molar-refractivity contribution < 1.29 is 29.6 Å². The van der Waals surface area contributed by atoms with Crippen molar-refractivity contribution in [3.05, 3.63) is 52.2 Å². The van der Waals surface area contributed by atoms with Crippen LogP contribution in [0.2, 0.25) is 0 Å². The second kappa shape index (κ2) is 6.23. The Morgan fingerprint density at radius 1 is 1.17 bits per heavy atom. The number of aliphatic hydroxyl groups is 2. The Balaban J connectivity index is 2.13. The second-order valence-electron chi connectivity index (χ2n) is 8.81. The average Bonchev–Trinajstić information content (AvgIpc) is 2.68. The molecule has 3 aromatic rings. The number of fused-ring (bicyclic) bond motifs is 4.